The van der Waals surface area contributed by atoms with Crippen LogP contribution >= 0.6 is 0 Å². The summed E-state index contributed by atoms with van der Waals surface area (Å²) in [5, 5.41) is 9.07. The second-order valence-corrected chi connectivity index (χ2v) is 3.84. The second-order valence-electron chi connectivity index (χ2n) is 3.84. The van der Waals surface area contributed by atoms with Crippen LogP contribution < -0.4 is 0 Å². The van der Waals surface area contributed by atoms with Gasteiger partial charge in [0.15, 0.2) is 5.75 Å². The summed E-state index contributed by atoms with van der Waals surface area (Å²) in [7, 11) is 0. The Morgan fingerprint density at radius 1 is 1.50 bits per heavy atom. The molecule has 0 spiro atoms. The smallest absolute Gasteiger partial charge is 0.309 e. The fourth-order valence-corrected chi connectivity index (χ4v) is 1.86. The average molecular weight is 222 g/mol. The molecule has 1 aromatic heterocycles. The summed E-state index contributed by atoms with van der Waals surface area (Å²) in [6, 6.07) is 0. The van der Waals surface area contributed by atoms with Crippen LogP contribution in [0.25, 0.3) is 0 Å². The SMILES string of the molecule is CCOC(=O)C1CCC1c1ncc(O)cn1. The fourth-order valence-electron chi connectivity index (χ4n) is 1.86. The molecule has 1 fully saturated rings. The molecule has 1 aromatic rings. The van der Waals surface area contributed by atoms with Crippen LogP contribution in [0, 0.1) is 5.92 Å². The Morgan fingerprint density at radius 3 is 2.69 bits per heavy atom. The molecule has 1 heterocycles. The zero-order valence-corrected chi connectivity index (χ0v) is 9.09. The minimum atomic E-state index is -0.171. The van der Waals surface area contributed by atoms with Crippen LogP contribution in [0.5, 0.6) is 5.75 Å². The zero-order valence-electron chi connectivity index (χ0n) is 9.09. The minimum Gasteiger partial charge on any atom is -0.505 e. The van der Waals surface area contributed by atoms with E-state index in [1.807, 2.05) is 0 Å². The lowest BCUT2D eigenvalue weighted by molar-refractivity contribution is -0.152. The van der Waals surface area contributed by atoms with Gasteiger partial charge in [0.25, 0.3) is 0 Å². The lowest BCUT2D eigenvalue weighted by Gasteiger charge is -2.33. The van der Waals surface area contributed by atoms with Crippen molar-refractivity contribution in [2.75, 3.05) is 6.61 Å². The summed E-state index contributed by atoms with van der Waals surface area (Å²) in [6.07, 6.45) is 4.42. The van der Waals surface area contributed by atoms with Gasteiger partial charge in [-0.25, -0.2) is 9.97 Å². The van der Waals surface area contributed by atoms with Gasteiger partial charge in [0.1, 0.15) is 5.82 Å². The lowest BCUT2D eigenvalue weighted by Crippen LogP contribution is -2.33. The van der Waals surface area contributed by atoms with Crippen LogP contribution in [0.2, 0.25) is 0 Å². The topological polar surface area (TPSA) is 72.3 Å². The number of hydrogen-bond acceptors (Lipinski definition) is 5. The molecule has 1 aliphatic carbocycles. The summed E-state index contributed by atoms with van der Waals surface area (Å²) >= 11 is 0. The van der Waals surface area contributed by atoms with E-state index in [2.05, 4.69) is 9.97 Å². The largest absolute Gasteiger partial charge is 0.505 e. The molecule has 86 valence electrons. The van der Waals surface area contributed by atoms with Gasteiger partial charge in [-0.05, 0) is 19.8 Å². The maximum absolute atomic E-state index is 11.5. The molecule has 1 aliphatic rings. The van der Waals surface area contributed by atoms with E-state index in [0.717, 1.165) is 12.8 Å². The fraction of sp³-hybridized carbons (Fsp3) is 0.545. The normalized spacial score (nSPS) is 23.6. The van der Waals surface area contributed by atoms with E-state index >= 15 is 0 Å². The number of ether oxygens (including phenoxy) is 1. The van der Waals surface area contributed by atoms with E-state index in [4.69, 9.17) is 9.84 Å². The van der Waals surface area contributed by atoms with Gasteiger partial charge in [0, 0.05) is 5.92 Å². The van der Waals surface area contributed by atoms with Crippen LogP contribution in [-0.4, -0.2) is 27.7 Å². The Morgan fingerprint density at radius 2 is 2.19 bits per heavy atom. The van der Waals surface area contributed by atoms with Gasteiger partial charge in [0.2, 0.25) is 0 Å². The number of nitrogens with zero attached hydrogens (tertiary/aromatic N) is 2. The number of esters is 1. The zero-order chi connectivity index (χ0) is 11.5. The highest BCUT2D eigenvalue weighted by atomic mass is 16.5. The van der Waals surface area contributed by atoms with Crippen molar-refractivity contribution in [3.05, 3.63) is 18.2 Å². The molecule has 0 saturated heterocycles. The first-order valence-corrected chi connectivity index (χ1v) is 5.40. The van der Waals surface area contributed by atoms with Crippen LogP contribution in [0.15, 0.2) is 12.4 Å². The van der Waals surface area contributed by atoms with Crippen LogP contribution in [-0.2, 0) is 9.53 Å². The maximum Gasteiger partial charge on any atom is 0.309 e. The van der Waals surface area contributed by atoms with Gasteiger partial charge in [-0.15, -0.1) is 0 Å². The molecule has 1 N–H and O–H groups in total. The number of aromatic hydroxyl groups is 1. The van der Waals surface area contributed by atoms with E-state index < -0.39 is 0 Å². The van der Waals surface area contributed by atoms with E-state index in [9.17, 15) is 4.79 Å². The van der Waals surface area contributed by atoms with Crippen LogP contribution in [0.1, 0.15) is 31.5 Å². The quantitative estimate of drug-likeness (QED) is 0.779. The molecule has 2 atom stereocenters. The first-order chi connectivity index (χ1) is 7.72. The molecular formula is C11H14N2O3. The first-order valence-electron chi connectivity index (χ1n) is 5.40. The lowest BCUT2D eigenvalue weighted by atomic mass is 9.73. The minimum absolute atomic E-state index is 0.0377. The maximum atomic E-state index is 11.5. The number of hydrogen-bond donors (Lipinski definition) is 1. The summed E-state index contributed by atoms with van der Waals surface area (Å²) in [6.45, 7) is 2.20. The van der Waals surface area contributed by atoms with Gasteiger partial charge >= 0.3 is 5.97 Å². The Balaban J connectivity index is 2.05. The number of carbonyl (C=O) groups excluding carboxylic acids is 1. The molecule has 0 bridgehead atoms. The highest BCUT2D eigenvalue weighted by molar-refractivity contribution is 5.74. The molecule has 0 aromatic carbocycles. The predicted octanol–water partition coefficient (Wildman–Crippen LogP) is 1.24. The van der Waals surface area contributed by atoms with Crippen molar-refractivity contribution in [2.24, 2.45) is 5.92 Å². The summed E-state index contributed by atoms with van der Waals surface area (Å²) in [5.41, 5.74) is 0. The van der Waals surface area contributed by atoms with Crippen molar-refractivity contribution < 1.29 is 14.6 Å². The van der Waals surface area contributed by atoms with Gasteiger partial charge in [-0.3, -0.25) is 4.79 Å². The van der Waals surface area contributed by atoms with Crippen molar-refractivity contribution >= 4 is 5.97 Å². The monoisotopic (exact) mass is 222 g/mol. The molecule has 16 heavy (non-hydrogen) atoms. The summed E-state index contributed by atoms with van der Waals surface area (Å²) in [5.74, 6) is 0.400. The van der Waals surface area contributed by atoms with Crippen molar-refractivity contribution in [3.8, 4) is 5.75 Å². The standard InChI is InChI=1S/C11H14N2O3/c1-2-16-11(15)9-4-3-8(9)10-12-5-7(14)6-13-10/h5-6,8-9,14H,2-4H2,1H3. The van der Waals surface area contributed by atoms with Crippen LogP contribution in [0.3, 0.4) is 0 Å². The van der Waals surface area contributed by atoms with Gasteiger partial charge in [0.05, 0.1) is 24.9 Å². The number of aromatic nitrogens is 2. The Kier molecular flexibility index (Phi) is 3.03. The van der Waals surface area contributed by atoms with Crippen molar-refractivity contribution in [1.29, 1.82) is 0 Å². The van der Waals surface area contributed by atoms with Crippen molar-refractivity contribution in [2.45, 2.75) is 25.7 Å². The number of carbonyl (C=O) groups is 1. The Labute approximate surface area is 93.5 Å². The van der Waals surface area contributed by atoms with Crippen molar-refractivity contribution in [3.63, 3.8) is 0 Å². The molecule has 0 radical (unpaired) electrons. The molecular weight excluding hydrogens is 208 g/mol. The second kappa shape index (κ2) is 4.47. The molecule has 2 unspecified atom stereocenters. The van der Waals surface area contributed by atoms with Crippen LogP contribution in [0.4, 0.5) is 0 Å². The molecule has 5 heteroatoms. The molecule has 2 rings (SSSR count). The van der Waals surface area contributed by atoms with Crippen molar-refractivity contribution in [1.82, 2.24) is 9.97 Å². The van der Waals surface area contributed by atoms with Gasteiger partial charge in [-0.2, -0.15) is 0 Å². The summed E-state index contributed by atoms with van der Waals surface area (Å²) < 4.78 is 4.98. The molecule has 0 aliphatic heterocycles. The Hall–Kier alpha value is -1.65. The third-order valence-corrected chi connectivity index (χ3v) is 2.85. The predicted molar refractivity (Wildman–Crippen MR) is 55.8 cm³/mol. The Bertz CT molecular complexity index is 377. The van der Waals surface area contributed by atoms with Gasteiger partial charge in [-0.1, -0.05) is 0 Å². The average Bonchev–Trinajstić information content (AvgIpc) is 2.20. The third-order valence-electron chi connectivity index (χ3n) is 2.85. The molecule has 0 amide bonds. The van der Waals surface area contributed by atoms with E-state index in [1.165, 1.54) is 12.4 Å². The van der Waals surface area contributed by atoms with E-state index in [1.54, 1.807) is 6.92 Å². The molecule has 5 nitrogen and oxygen atoms in total. The summed E-state index contributed by atoms with van der Waals surface area (Å²) in [4.78, 5) is 19.6. The molecule has 1 saturated carbocycles. The van der Waals surface area contributed by atoms with Gasteiger partial charge < -0.3 is 9.84 Å². The van der Waals surface area contributed by atoms with E-state index in [-0.39, 0.29) is 23.6 Å². The number of rotatable bonds is 3. The highest BCUT2D eigenvalue weighted by Crippen LogP contribution is 2.41. The first kappa shape index (κ1) is 10.9. The third kappa shape index (κ3) is 1.98. The highest BCUT2D eigenvalue weighted by Gasteiger charge is 2.40. The van der Waals surface area contributed by atoms with E-state index in [0.29, 0.717) is 12.4 Å².